The number of nitrogens with zero attached hydrogens (tertiary/aromatic N) is 3. The molecular weight excluding hydrogens is 528 g/mol. The van der Waals surface area contributed by atoms with E-state index in [0.717, 1.165) is 23.8 Å². The zero-order chi connectivity index (χ0) is 26.6. The molecule has 0 spiro atoms. The molecular formula is C26H21Cl2F3N4O2. The Labute approximate surface area is 221 Å². The number of allylic oxidation sites excluding steroid dienone is 1. The van der Waals surface area contributed by atoms with E-state index < -0.39 is 40.7 Å². The van der Waals surface area contributed by atoms with E-state index in [2.05, 4.69) is 10.4 Å². The fourth-order valence-electron chi connectivity index (χ4n) is 5.11. The number of piperidine rings is 1. The Kier molecular flexibility index (Phi) is 6.64. The lowest BCUT2D eigenvalue weighted by Gasteiger charge is -2.39. The van der Waals surface area contributed by atoms with Crippen molar-refractivity contribution in [3.05, 3.63) is 81.1 Å². The van der Waals surface area contributed by atoms with E-state index in [4.69, 9.17) is 23.2 Å². The molecule has 2 amide bonds. The molecule has 2 aromatic rings. The van der Waals surface area contributed by atoms with Gasteiger partial charge in [-0.1, -0.05) is 11.6 Å². The number of dihydropyridines is 1. The van der Waals surface area contributed by atoms with Crippen LogP contribution in [0.2, 0.25) is 5.02 Å². The summed E-state index contributed by atoms with van der Waals surface area (Å²) in [7, 11) is 1.74. The lowest BCUT2D eigenvalue weighted by Crippen LogP contribution is -2.55. The van der Waals surface area contributed by atoms with Gasteiger partial charge in [-0.25, -0.2) is 23.6 Å². The Morgan fingerprint density at radius 3 is 2.46 bits per heavy atom. The van der Waals surface area contributed by atoms with E-state index >= 15 is 0 Å². The van der Waals surface area contributed by atoms with Crippen molar-refractivity contribution in [1.82, 2.24) is 15.3 Å². The van der Waals surface area contributed by atoms with Crippen LogP contribution in [0, 0.1) is 17.5 Å². The summed E-state index contributed by atoms with van der Waals surface area (Å²) in [5, 5.41) is 0.699. The molecule has 1 fully saturated rings. The first kappa shape index (κ1) is 25.5. The minimum absolute atomic E-state index is 0.0169. The lowest BCUT2D eigenvalue weighted by molar-refractivity contribution is -0.116. The third-order valence-electron chi connectivity index (χ3n) is 6.81. The maximum absolute atomic E-state index is 14.6. The number of aliphatic imine (C=N–C) groups is 1. The highest BCUT2D eigenvalue weighted by atomic mass is 35.5. The van der Waals surface area contributed by atoms with Crippen LogP contribution in [0.25, 0.3) is 11.3 Å². The molecule has 37 heavy (non-hydrogen) atoms. The van der Waals surface area contributed by atoms with Gasteiger partial charge >= 0.3 is 0 Å². The van der Waals surface area contributed by atoms with Crippen LogP contribution in [-0.4, -0.2) is 59.0 Å². The fourth-order valence-corrected chi connectivity index (χ4v) is 5.60. The van der Waals surface area contributed by atoms with Crippen molar-refractivity contribution in [2.24, 2.45) is 4.99 Å². The number of hydrogen-bond donors (Lipinski definition) is 1. The van der Waals surface area contributed by atoms with Gasteiger partial charge in [0.2, 0.25) is 0 Å². The van der Waals surface area contributed by atoms with Gasteiger partial charge in [0.25, 0.3) is 11.8 Å². The van der Waals surface area contributed by atoms with E-state index in [-0.39, 0.29) is 28.7 Å². The number of alkyl halides is 1. The molecule has 3 heterocycles. The van der Waals surface area contributed by atoms with Crippen LogP contribution >= 0.6 is 23.2 Å². The topological polar surface area (TPSA) is 65.0 Å². The number of carbonyl (C=O) groups excluding carboxylic acids is 2. The van der Waals surface area contributed by atoms with Crippen LogP contribution in [0.3, 0.4) is 0 Å². The Morgan fingerprint density at radius 2 is 1.78 bits per heavy atom. The smallest absolute Gasteiger partial charge is 0.267 e. The predicted molar refractivity (Wildman–Crippen MR) is 136 cm³/mol. The van der Waals surface area contributed by atoms with Gasteiger partial charge in [0.05, 0.1) is 28.4 Å². The van der Waals surface area contributed by atoms with Crippen molar-refractivity contribution in [3.63, 3.8) is 0 Å². The minimum Gasteiger partial charge on any atom is -0.334 e. The van der Waals surface area contributed by atoms with Gasteiger partial charge < -0.3 is 9.91 Å². The van der Waals surface area contributed by atoms with Crippen LogP contribution in [0.4, 0.5) is 13.2 Å². The van der Waals surface area contributed by atoms with E-state index in [1.54, 1.807) is 17.0 Å². The highest BCUT2D eigenvalue weighted by molar-refractivity contribution is 6.39. The Bertz CT molecular complexity index is 1400. The van der Waals surface area contributed by atoms with Crippen molar-refractivity contribution in [1.29, 1.82) is 0 Å². The summed E-state index contributed by atoms with van der Waals surface area (Å²) in [4.78, 5) is 30.5. The number of likely N-dealkylation sites (tertiary alicyclic amines) is 1. The summed E-state index contributed by atoms with van der Waals surface area (Å²) in [5.41, 5.74) is 5.73. The summed E-state index contributed by atoms with van der Waals surface area (Å²) >= 11 is 12.6. The molecule has 3 atom stereocenters. The second-order valence-electron chi connectivity index (χ2n) is 9.12. The van der Waals surface area contributed by atoms with E-state index in [1.807, 2.05) is 6.92 Å². The number of amides is 2. The monoisotopic (exact) mass is 548 g/mol. The van der Waals surface area contributed by atoms with Gasteiger partial charge in [0, 0.05) is 37.0 Å². The molecule has 0 aliphatic carbocycles. The van der Waals surface area contributed by atoms with Gasteiger partial charge in [-0.3, -0.25) is 9.59 Å². The quantitative estimate of drug-likeness (QED) is 0.558. The normalized spacial score (nSPS) is 23.5. The van der Waals surface area contributed by atoms with Gasteiger partial charge in [-0.2, -0.15) is 0 Å². The Balaban J connectivity index is 1.47. The first-order valence-electron chi connectivity index (χ1n) is 11.5. The van der Waals surface area contributed by atoms with Crippen LogP contribution in [0.1, 0.15) is 34.8 Å². The first-order chi connectivity index (χ1) is 17.5. The molecule has 5 rings (SSSR count). The molecule has 11 heteroatoms. The van der Waals surface area contributed by atoms with Crippen molar-refractivity contribution < 1.29 is 22.8 Å². The summed E-state index contributed by atoms with van der Waals surface area (Å²) in [6.45, 7) is 2.12. The number of halogens is 5. The van der Waals surface area contributed by atoms with Gasteiger partial charge in [-0.05, 0) is 54.8 Å². The number of nitrogens with one attached hydrogen (secondary N) is 1. The maximum Gasteiger partial charge on any atom is 0.267 e. The summed E-state index contributed by atoms with van der Waals surface area (Å²) < 4.78 is 42.5. The average molecular weight is 549 g/mol. The molecule has 6 nitrogen and oxygen atoms in total. The molecule has 0 saturated carbocycles. The largest absolute Gasteiger partial charge is 0.334 e. The zero-order valence-electron chi connectivity index (χ0n) is 19.7. The van der Waals surface area contributed by atoms with Crippen molar-refractivity contribution >= 4 is 52.5 Å². The summed E-state index contributed by atoms with van der Waals surface area (Å²) in [6, 6.07) is 4.87. The molecule has 3 aliphatic rings. The zero-order valence-corrected chi connectivity index (χ0v) is 21.2. The molecule has 0 radical (unpaired) electrons. The van der Waals surface area contributed by atoms with Crippen LogP contribution in [-0.2, 0) is 4.79 Å². The van der Waals surface area contributed by atoms with E-state index in [9.17, 15) is 22.8 Å². The Morgan fingerprint density at radius 1 is 1.11 bits per heavy atom. The van der Waals surface area contributed by atoms with Crippen LogP contribution in [0.5, 0.6) is 0 Å². The SMILES string of the molecule is C[C@H]1C2NN(C)C(c3cc(F)cc(F)c3)=C2CCN1C(=O)c1cc(F)cc(C2=CC(Cl)C(=O)N=C2)c1Cl. The molecule has 0 bridgehead atoms. The van der Waals surface area contributed by atoms with E-state index in [1.165, 1.54) is 24.4 Å². The molecule has 192 valence electrons. The molecule has 2 aromatic carbocycles. The lowest BCUT2D eigenvalue weighted by atomic mass is 9.89. The number of rotatable bonds is 3. The highest BCUT2D eigenvalue weighted by Gasteiger charge is 2.41. The Hall–Kier alpha value is -3.14. The molecule has 2 unspecified atom stereocenters. The number of carbonyl (C=O) groups is 2. The highest BCUT2D eigenvalue weighted by Crippen LogP contribution is 2.38. The van der Waals surface area contributed by atoms with Gasteiger partial charge in [0.15, 0.2) is 0 Å². The number of benzene rings is 2. The van der Waals surface area contributed by atoms with Crippen LogP contribution in [0.15, 0.2) is 47.0 Å². The number of hydrazine groups is 1. The summed E-state index contributed by atoms with van der Waals surface area (Å²) in [5.74, 6) is -3.06. The van der Waals surface area contributed by atoms with Gasteiger partial charge in [-0.15, -0.1) is 11.6 Å². The second kappa shape index (κ2) is 9.63. The summed E-state index contributed by atoms with van der Waals surface area (Å²) in [6.07, 6.45) is 3.08. The molecule has 0 aromatic heterocycles. The predicted octanol–water partition coefficient (Wildman–Crippen LogP) is 4.82. The van der Waals surface area contributed by atoms with Crippen molar-refractivity contribution in [3.8, 4) is 0 Å². The van der Waals surface area contributed by atoms with Crippen LogP contribution < -0.4 is 5.43 Å². The van der Waals surface area contributed by atoms with Gasteiger partial charge in [0.1, 0.15) is 22.8 Å². The standard InChI is InChI=1S/C26H21Cl2F3N4O2/c1-12-23-18(24(34(2)33-23)13-5-15(29)8-16(30)6-13)3-4-35(12)26(37)20-10-17(31)9-19(22(20)28)14-7-21(27)25(36)32-11-14/h5-12,21,23,33H,3-4H2,1-2H3/t12-,21?,23?/m0/s1. The fraction of sp³-hybridized carbons (Fsp3) is 0.269. The van der Waals surface area contributed by atoms with E-state index in [0.29, 0.717) is 23.3 Å². The first-order valence-corrected chi connectivity index (χ1v) is 12.3. The second-order valence-corrected chi connectivity index (χ2v) is 9.97. The number of hydrogen-bond acceptors (Lipinski definition) is 4. The molecule has 1 N–H and O–H groups in total. The minimum atomic E-state index is -1.02. The molecule has 1 saturated heterocycles. The van der Waals surface area contributed by atoms with Crippen molar-refractivity contribution in [2.75, 3.05) is 13.6 Å². The number of fused-ring (bicyclic) bond motifs is 1. The average Bonchev–Trinajstić information content (AvgIpc) is 3.18. The maximum atomic E-state index is 14.6. The van der Waals surface area contributed by atoms with Crippen molar-refractivity contribution in [2.45, 2.75) is 30.8 Å². The third kappa shape index (κ3) is 4.56. The molecule has 3 aliphatic heterocycles. The third-order valence-corrected chi connectivity index (χ3v) is 7.53.